The molecule has 142 valence electrons. The van der Waals surface area contributed by atoms with Crippen LogP contribution in [0.25, 0.3) is 0 Å². The maximum absolute atomic E-state index is 12.8. The summed E-state index contributed by atoms with van der Waals surface area (Å²) in [5.74, 6) is 0.177. The van der Waals surface area contributed by atoms with E-state index < -0.39 is 24.1 Å². The first-order valence-electron chi connectivity index (χ1n) is 8.27. The summed E-state index contributed by atoms with van der Waals surface area (Å²) in [4.78, 5) is 26.1. The van der Waals surface area contributed by atoms with Gasteiger partial charge in [-0.15, -0.1) is 0 Å². The number of amides is 3. The summed E-state index contributed by atoms with van der Waals surface area (Å²) in [7, 11) is 0. The van der Waals surface area contributed by atoms with Crippen molar-refractivity contribution in [1.82, 2.24) is 10.2 Å². The molecule has 0 bridgehead atoms. The van der Waals surface area contributed by atoms with Crippen LogP contribution in [-0.4, -0.2) is 36.6 Å². The predicted molar refractivity (Wildman–Crippen MR) is 92.6 cm³/mol. The molecule has 1 heterocycles. The van der Waals surface area contributed by atoms with E-state index in [-0.39, 0.29) is 18.9 Å². The van der Waals surface area contributed by atoms with Gasteiger partial charge in [-0.25, -0.2) is 4.79 Å². The molecule has 0 unspecified atom stereocenters. The summed E-state index contributed by atoms with van der Waals surface area (Å²) in [6.45, 7) is -1.13. The van der Waals surface area contributed by atoms with Crippen molar-refractivity contribution in [3.63, 3.8) is 0 Å². The highest BCUT2D eigenvalue weighted by atomic mass is 19.3. The van der Waals surface area contributed by atoms with Crippen LogP contribution in [0.4, 0.5) is 13.6 Å². The van der Waals surface area contributed by atoms with E-state index in [4.69, 9.17) is 4.74 Å². The molecule has 0 saturated carbocycles. The number of imide groups is 1. The van der Waals surface area contributed by atoms with Gasteiger partial charge in [0.1, 0.15) is 23.6 Å². The largest absolute Gasteiger partial charge is 0.492 e. The molecule has 3 rings (SSSR count). The lowest BCUT2D eigenvalue weighted by atomic mass is 9.92. The van der Waals surface area contributed by atoms with Gasteiger partial charge in [0.15, 0.2) is 0 Å². The molecular formula is C19H18F2N2O4. The zero-order valence-corrected chi connectivity index (χ0v) is 14.5. The molecule has 1 aliphatic heterocycles. The number of rotatable bonds is 7. The van der Waals surface area contributed by atoms with Crippen LogP contribution in [0.2, 0.25) is 0 Å². The molecule has 8 heteroatoms. The molecule has 1 aliphatic rings. The second-order valence-electron chi connectivity index (χ2n) is 6.08. The van der Waals surface area contributed by atoms with Gasteiger partial charge in [-0.1, -0.05) is 30.3 Å². The van der Waals surface area contributed by atoms with Crippen molar-refractivity contribution in [2.75, 3.05) is 13.2 Å². The number of carbonyl (C=O) groups excluding carboxylic acids is 2. The Bertz CT molecular complexity index is 814. The minimum Gasteiger partial charge on any atom is -0.492 e. The van der Waals surface area contributed by atoms with Gasteiger partial charge in [-0.05, 0) is 36.8 Å². The Morgan fingerprint density at radius 3 is 2.33 bits per heavy atom. The Balaban J connectivity index is 1.66. The third kappa shape index (κ3) is 3.99. The molecule has 1 saturated heterocycles. The van der Waals surface area contributed by atoms with Crippen molar-refractivity contribution >= 4 is 11.9 Å². The highest BCUT2D eigenvalue weighted by molar-refractivity contribution is 6.07. The number of alkyl halides is 2. The number of hydrogen-bond acceptors (Lipinski definition) is 4. The molecule has 0 radical (unpaired) electrons. The summed E-state index contributed by atoms with van der Waals surface area (Å²) in [6.07, 6.45) is 0. The standard InChI is InChI=1S/C19H18F2N2O4/c1-19(13-7-9-15(10-8-13)27-17(20)21)16(24)23(18(25)22-19)11-12-26-14-5-3-2-4-6-14/h2-10,17H,11-12H2,1H3,(H,22,25)/t19-/m0/s1. The van der Waals surface area contributed by atoms with E-state index in [0.717, 1.165) is 4.90 Å². The molecule has 0 aliphatic carbocycles. The van der Waals surface area contributed by atoms with Crippen molar-refractivity contribution < 1.29 is 27.8 Å². The molecule has 1 fully saturated rings. The van der Waals surface area contributed by atoms with Crippen LogP contribution in [0.1, 0.15) is 12.5 Å². The molecule has 0 spiro atoms. The second kappa shape index (κ2) is 7.61. The quantitative estimate of drug-likeness (QED) is 0.754. The first kappa shape index (κ1) is 18.6. The SMILES string of the molecule is C[C@@]1(c2ccc(OC(F)F)cc2)NC(=O)N(CCOc2ccccc2)C1=O. The van der Waals surface area contributed by atoms with Crippen molar-refractivity contribution in [2.24, 2.45) is 0 Å². The third-order valence-corrected chi connectivity index (χ3v) is 4.26. The summed E-state index contributed by atoms with van der Waals surface area (Å²) in [6, 6.07) is 14.1. The highest BCUT2D eigenvalue weighted by Gasteiger charge is 2.48. The summed E-state index contributed by atoms with van der Waals surface area (Å²) in [5, 5.41) is 2.65. The Morgan fingerprint density at radius 1 is 1.04 bits per heavy atom. The lowest BCUT2D eigenvalue weighted by Gasteiger charge is -2.22. The zero-order chi connectivity index (χ0) is 19.4. The topological polar surface area (TPSA) is 67.9 Å². The van der Waals surface area contributed by atoms with Crippen LogP contribution < -0.4 is 14.8 Å². The number of para-hydroxylation sites is 1. The first-order valence-corrected chi connectivity index (χ1v) is 8.27. The zero-order valence-electron chi connectivity index (χ0n) is 14.5. The number of nitrogens with one attached hydrogen (secondary N) is 1. The van der Waals surface area contributed by atoms with Crippen LogP contribution in [-0.2, 0) is 10.3 Å². The Morgan fingerprint density at radius 2 is 1.70 bits per heavy atom. The molecule has 27 heavy (non-hydrogen) atoms. The normalized spacial score (nSPS) is 19.3. The summed E-state index contributed by atoms with van der Waals surface area (Å²) in [5.41, 5.74) is -0.818. The monoisotopic (exact) mass is 376 g/mol. The van der Waals surface area contributed by atoms with Crippen LogP contribution in [0.3, 0.4) is 0 Å². The molecule has 2 aromatic rings. The molecule has 0 aromatic heterocycles. The number of urea groups is 1. The van der Waals surface area contributed by atoms with Gasteiger partial charge in [0.2, 0.25) is 0 Å². The van der Waals surface area contributed by atoms with Crippen LogP contribution in [0.15, 0.2) is 54.6 Å². The Hall–Kier alpha value is -3.16. The molecule has 2 aromatic carbocycles. The third-order valence-electron chi connectivity index (χ3n) is 4.26. The van der Waals surface area contributed by atoms with Gasteiger partial charge in [-0.3, -0.25) is 9.69 Å². The Labute approximate surface area is 154 Å². The van der Waals surface area contributed by atoms with Gasteiger partial charge in [0.25, 0.3) is 5.91 Å². The van der Waals surface area contributed by atoms with Gasteiger partial charge >= 0.3 is 12.6 Å². The van der Waals surface area contributed by atoms with E-state index in [2.05, 4.69) is 10.1 Å². The number of hydrogen-bond donors (Lipinski definition) is 1. The molecule has 1 N–H and O–H groups in total. The highest BCUT2D eigenvalue weighted by Crippen LogP contribution is 2.30. The van der Waals surface area contributed by atoms with E-state index in [1.54, 1.807) is 19.1 Å². The van der Waals surface area contributed by atoms with Crippen LogP contribution >= 0.6 is 0 Å². The fraction of sp³-hybridized carbons (Fsp3) is 0.263. The predicted octanol–water partition coefficient (Wildman–Crippen LogP) is 3.13. The lowest BCUT2D eigenvalue weighted by molar-refractivity contribution is -0.131. The first-order chi connectivity index (χ1) is 12.9. The molecule has 1 atom stereocenters. The fourth-order valence-electron chi connectivity index (χ4n) is 2.84. The maximum atomic E-state index is 12.8. The summed E-state index contributed by atoms with van der Waals surface area (Å²) >= 11 is 0. The van der Waals surface area contributed by atoms with Crippen molar-refractivity contribution in [3.8, 4) is 11.5 Å². The number of nitrogens with zero attached hydrogens (tertiary/aromatic N) is 1. The number of ether oxygens (including phenoxy) is 2. The van der Waals surface area contributed by atoms with Gasteiger partial charge < -0.3 is 14.8 Å². The Kier molecular flexibility index (Phi) is 5.25. The minimum absolute atomic E-state index is 0.0257. The number of halogens is 2. The second-order valence-corrected chi connectivity index (χ2v) is 6.08. The average Bonchev–Trinajstić information content (AvgIpc) is 2.86. The van der Waals surface area contributed by atoms with E-state index in [1.165, 1.54) is 24.3 Å². The van der Waals surface area contributed by atoms with Gasteiger partial charge in [-0.2, -0.15) is 8.78 Å². The van der Waals surface area contributed by atoms with Gasteiger partial charge in [0.05, 0.1) is 6.54 Å². The molecule has 3 amide bonds. The fourth-order valence-corrected chi connectivity index (χ4v) is 2.84. The van der Waals surface area contributed by atoms with Crippen molar-refractivity contribution in [1.29, 1.82) is 0 Å². The van der Waals surface area contributed by atoms with E-state index >= 15 is 0 Å². The van der Waals surface area contributed by atoms with Crippen LogP contribution in [0.5, 0.6) is 11.5 Å². The minimum atomic E-state index is -2.93. The van der Waals surface area contributed by atoms with Crippen LogP contribution in [0, 0.1) is 0 Å². The maximum Gasteiger partial charge on any atom is 0.387 e. The number of benzene rings is 2. The van der Waals surface area contributed by atoms with Crippen molar-refractivity contribution in [3.05, 3.63) is 60.2 Å². The summed E-state index contributed by atoms with van der Waals surface area (Å²) < 4.78 is 34.3. The van der Waals surface area contributed by atoms with Gasteiger partial charge in [0, 0.05) is 0 Å². The van der Waals surface area contributed by atoms with E-state index in [9.17, 15) is 18.4 Å². The smallest absolute Gasteiger partial charge is 0.387 e. The van der Waals surface area contributed by atoms with Crippen molar-refractivity contribution in [2.45, 2.75) is 19.1 Å². The molecule has 6 nitrogen and oxygen atoms in total. The molecular weight excluding hydrogens is 358 g/mol. The average molecular weight is 376 g/mol. The van der Waals surface area contributed by atoms with E-state index in [1.807, 2.05) is 18.2 Å². The number of carbonyl (C=O) groups is 2. The van der Waals surface area contributed by atoms with E-state index in [0.29, 0.717) is 11.3 Å². The lowest BCUT2D eigenvalue weighted by Crippen LogP contribution is -2.41.